The van der Waals surface area contributed by atoms with Gasteiger partial charge in [-0.3, -0.25) is 0 Å². The number of carbonyl (C=O) groups excluding carboxylic acids is 2. The lowest BCUT2D eigenvalue weighted by molar-refractivity contribution is -0.0166. The maximum atomic E-state index is 12.4. The van der Waals surface area contributed by atoms with E-state index in [1.165, 1.54) is 0 Å². The number of ether oxygens (including phenoxy) is 2. The van der Waals surface area contributed by atoms with E-state index in [-0.39, 0.29) is 0 Å². The van der Waals surface area contributed by atoms with E-state index in [0.29, 0.717) is 11.1 Å². The minimum absolute atomic E-state index is 0.434. The molecule has 0 unspecified atom stereocenters. The zero-order valence-electron chi connectivity index (χ0n) is 16.3. The van der Waals surface area contributed by atoms with E-state index >= 15 is 0 Å². The molecule has 0 heterocycles. The first-order valence-corrected chi connectivity index (χ1v) is 8.94. The van der Waals surface area contributed by atoms with Crippen LogP contribution in [0.15, 0.2) is 48.5 Å². The number of esters is 2. The molecule has 144 valence electrons. The lowest BCUT2D eigenvalue weighted by atomic mass is 10.1. The summed E-state index contributed by atoms with van der Waals surface area (Å²) in [6.45, 7) is 5.05. The van der Waals surface area contributed by atoms with Crippen LogP contribution in [-0.2, 0) is 9.47 Å². The van der Waals surface area contributed by atoms with Crippen LogP contribution in [0, 0.1) is 0 Å². The lowest BCUT2D eigenvalue weighted by Crippen LogP contribution is -2.22. The number of hydrogen-bond acceptors (Lipinski definition) is 6. The third kappa shape index (κ3) is 5.00. The minimum Gasteiger partial charge on any atom is -0.424 e. The predicted molar refractivity (Wildman–Crippen MR) is 106 cm³/mol. The van der Waals surface area contributed by atoms with Gasteiger partial charge in [-0.1, -0.05) is 24.3 Å². The van der Waals surface area contributed by atoms with E-state index in [4.69, 9.17) is 9.47 Å². The number of hydrogen-bond donors (Lipinski definition) is 0. The van der Waals surface area contributed by atoms with Gasteiger partial charge < -0.3 is 19.3 Å². The molecule has 27 heavy (non-hydrogen) atoms. The van der Waals surface area contributed by atoms with Crippen molar-refractivity contribution < 1.29 is 19.1 Å². The molecular weight excluding hydrogens is 344 g/mol. The van der Waals surface area contributed by atoms with Gasteiger partial charge in [-0.2, -0.15) is 0 Å². The largest absolute Gasteiger partial charge is 0.424 e. The molecule has 2 rings (SSSR count). The molecule has 2 aromatic rings. The molecule has 0 aromatic heterocycles. The second kappa shape index (κ2) is 9.62. The molecule has 6 nitrogen and oxygen atoms in total. The Kier molecular flexibility index (Phi) is 7.23. The molecule has 0 amide bonds. The lowest BCUT2D eigenvalue weighted by Gasteiger charge is -2.20. The summed E-state index contributed by atoms with van der Waals surface area (Å²) in [7, 11) is 3.79. The summed E-state index contributed by atoms with van der Waals surface area (Å²) in [5, 5.41) is 0. The molecule has 0 radical (unpaired) electrons. The highest BCUT2D eigenvalue weighted by atomic mass is 16.7. The summed E-state index contributed by atoms with van der Waals surface area (Å²) in [5.74, 6) is -1.06. The molecule has 0 N–H and O–H groups in total. The van der Waals surface area contributed by atoms with E-state index in [2.05, 4.69) is 0 Å². The van der Waals surface area contributed by atoms with Crippen molar-refractivity contribution in [3.8, 4) is 0 Å². The van der Waals surface area contributed by atoms with Crippen LogP contribution in [0.5, 0.6) is 0 Å². The normalized spacial score (nSPS) is 10.2. The monoisotopic (exact) mass is 370 g/mol. The zero-order valence-corrected chi connectivity index (χ0v) is 16.3. The number of benzene rings is 2. The van der Waals surface area contributed by atoms with Crippen LogP contribution in [0.3, 0.4) is 0 Å². The zero-order chi connectivity index (χ0) is 19.8. The average molecular weight is 370 g/mol. The van der Waals surface area contributed by atoms with Crippen LogP contribution in [0.25, 0.3) is 0 Å². The SMILES string of the molecule is CCN(C)c1ccccc1C(=O)OCOC(=O)c1ccccc1N(C)CC. The fourth-order valence-electron chi connectivity index (χ4n) is 2.59. The van der Waals surface area contributed by atoms with Gasteiger partial charge in [-0.05, 0) is 38.1 Å². The van der Waals surface area contributed by atoms with Crippen molar-refractivity contribution in [2.45, 2.75) is 13.8 Å². The Bertz CT molecular complexity index is 726. The summed E-state index contributed by atoms with van der Waals surface area (Å²) >= 11 is 0. The standard InChI is InChI=1S/C21H26N2O4/c1-5-22(3)18-13-9-7-11-16(18)20(24)26-15-27-21(25)17-12-8-10-14-19(17)23(4)6-2/h7-14H,5-6,15H2,1-4H3. The average Bonchev–Trinajstić information content (AvgIpc) is 2.72. The molecule has 6 heteroatoms. The number of rotatable bonds is 8. The van der Waals surface area contributed by atoms with Crippen molar-refractivity contribution in [2.24, 2.45) is 0 Å². The van der Waals surface area contributed by atoms with E-state index in [1.54, 1.807) is 24.3 Å². The van der Waals surface area contributed by atoms with Gasteiger partial charge in [0.1, 0.15) is 0 Å². The first-order valence-electron chi connectivity index (χ1n) is 8.94. The summed E-state index contributed by atoms with van der Waals surface area (Å²) in [4.78, 5) is 28.6. The number of para-hydroxylation sites is 2. The molecule has 0 spiro atoms. The van der Waals surface area contributed by atoms with Gasteiger partial charge in [-0.25, -0.2) is 9.59 Å². The van der Waals surface area contributed by atoms with E-state index < -0.39 is 18.7 Å². The molecule has 0 saturated carbocycles. The summed E-state index contributed by atoms with van der Waals surface area (Å²) < 4.78 is 10.3. The van der Waals surface area contributed by atoms with E-state index in [9.17, 15) is 9.59 Å². The predicted octanol–water partition coefficient (Wildman–Crippen LogP) is 3.57. The van der Waals surface area contributed by atoms with Crippen molar-refractivity contribution >= 4 is 23.3 Å². The quantitative estimate of drug-likeness (QED) is 0.523. The van der Waals surface area contributed by atoms with Gasteiger partial charge in [0.05, 0.1) is 22.5 Å². The van der Waals surface area contributed by atoms with E-state index in [0.717, 1.165) is 24.5 Å². The number of nitrogens with zero attached hydrogens (tertiary/aromatic N) is 2. The van der Waals surface area contributed by atoms with Gasteiger partial charge in [0.15, 0.2) is 0 Å². The van der Waals surface area contributed by atoms with E-state index in [1.807, 2.05) is 62.0 Å². The third-order valence-corrected chi connectivity index (χ3v) is 4.40. The molecular formula is C21H26N2O4. The Morgan fingerprint density at radius 2 is 1.11 bits per heavy atom. The summed E-state index contributed by atoms with van der Waals surface area (Å²) in [5.41, 5.74) is 2.41. The molecule has 0 bridgehead atoms. The highest BCUT2D eigenvalue weighted by Gasteiger charge is 2.17. The van der Waals surface area contributed by atoms with Crippen LogP contribution in [0.2, 0.25) is 0 Å². The summed E-state index contributed by atoms with van der Waals surface area (Å²) in [6.07, 6.45) is 0. The van der Waals surface area contributed by atoms with Gasteiger partial charge in [-0.15, -0.1) is 0 Å². The summed E-state index contributed by atoms with van der Waals surface area (Å²) in [6, 6.07) is 14.3. The molecule has 0 aliphatic heterocycles. The second-order valence-electron chi connectivity index (χ2n) is 6.04. The van der Waals surface area contributed by atoms with Crippen molar-refractivity contribution in [3.63, 3.8) is 0 Å². The molecule has 0 aliphatic rings. The first kappa shape index (κ1) is 20.3. The van der Waals surface area contributed by atoms with Gasteiger partial charge in [0, 0.05) is 27.2 Å². The Morgan fingerprint density at radius 3 is 1.48 bits per heavy atom. The highest BCUT2D eigenvalue weighted by molar-refractivity contribution is 5.97. The topological polar surface area (TPSA) is 59.1 Å². The highest BCUT2D eigenvalue weighted by Crippen LogP contribution is 2.21. The van der Waals surface area contributed by atoms with Gasteiger partial charge in [0.2, 0.25) is 6.79 Å². The Labute approximate surface area is 160 Å². The molecule has 0 fully saturated rings. The number of carbonyl (C=O) groups is 2. The Balaban J connectivity index is 2.01. The molecule has 2 aromatic carbocycles. The van der Waals surface area contributed by atoms with Crippen molar-refractivity contribution in [1.82, 2.24) is 0 Å². The van der Waals surface area contributed by atoms with Crippen LogP contribution < -0.4 is 9.80 Å². The van der Waals surface area contributed by atoms with Crippen LogP contribution in [-0.4, -0.2) is 45.9 Å². The second-order valence-corrected chi connectivity index (χ2v) is 6.04. The molecule has 0 aliphatic carbocycles. The van der Waals surface area contributed by atoms with Crippen LogP contribution in [0.1, 0.15) is 34.6 Å². The molecule has 0 saturated heterocycles. The maximum absolute atomic E-state index is 12.4. The van der Waals surface area contributed by atoms with Crippen molar-refractivity contribution in [2.75, 3.05) is 43.8 Å². The fraction of sp³-hybridized carbons (Fsp3) is 0.333. The van der Waals surface area contributed by atoms with Gasteiger partial charge >= 0.3 is 11.9 Å². The third-order valence-electron chi connectivity index (χ3n) is 4.40. The van der Waals surface area contributed by atoms with Gasteiger partial charge in [0.25, 0.3) is 0 Å². The minimum atomic E-state index is -0.530. The van der Waals surface area contributed by atoms with Crippen LogP contribution >= 0.6 is 0 Å². The Hall–Kier alpha value is -3.02. The molecule has 0 atom stereocenters. The first-order chi connectivity index (χ1) is 13.0. The van der Waals surface area contributed by atoms with Crippen molar-refractivity contribution in [1.29, 1.82) is 0 Å². The number of anilines is 2. The Morgan fingerprint density at radius 1 is 0.741 bits per heavy atom. The van der Waals surface area contributed by atoms with Crippen molar-refractivity contribution in [3.05, 3.63) is 59.7 Å². The smallest absolute Gasteiger partial charge is 0.343 e. The van der Waals surface area contributed by atoms with Crippen LogP contribution in [0.4, 0.5) is 11.4 Å². The fourth-order valence-corrected chi connectivity index (χ4v) is 2.59. The maximum Gasteiger partial charge on any atom is 0.343 e.